The van der Waals surface area contributed by atoms with E-state index in [-0.39, 0.29) is 30.1 Å². The Hall–Kier alpha value is -5.47. The molecule has 0 bridgehead atoms. The largest absolute Gasteiger partial charge is 0.484 e. The minimum atomic E-state index is -0.278. The van der Waals surface area contributed by atoms with Gasteiger partial charge in [0.2, 0.25) is 5.95 Å². The third-order valence-corrected chi connectivity index (χ3v) is 10.3. The quantitative estimate of drug-likeness (QED) is 0.0756. The smallest absolute Gasteiger partial charge is 0.320 e. The summed E-state index contributed by atoms with van der Waals surface area (Å²) in [6.07, 6.45) is 7.84. The highest BCUT2D eigenvalue weighted by Crippen LogP contribution is 2.39. The van der Waals surface area contributed by atoms with Gasteiger partial charge < -0.3 is 30.1 Å². The predicted octanol–water partition coefficient (Wildman–Crippen LogP) is 7.19. The van der Waals surface area contributed by atoms with E-state index in [0.717, 1.165) is 104 Å². The molecule has 4 N–H and O–H groups in total. The number of nitrogens with one attached hydrogen (secondary N) is 3. The molecular weight excluding hydrogens is 711 g/mol. The number of benzene rings is 2. The molecule has 1 aliphatic heterocycles. The maximum Gasteiger partial charge on any atom is 0.320 e. The Morgan fingerprint density at radius 2 is 1.80 bits per heavy atom. The molecule has 298 valence electrons. The lowest BCUT2D eigenvalue weighted by Crippen LogP contribution is -2.38. The maximum absolute atomic E-state index is 13.8. The van der Waals surface area contributed by atoms with Crippen LogP contribution in [-0.2, 0) is 21.5 Å². The van der Waals surface area contributed by atoms with Crippen molar-refractivity contribution in [2.45, 2.75) is 96.4 Å². The van der Waals surface area contributed by atoms with E-state index in [9.17, 15) is 4.79 Å². The van der Waals surface area contributed by atoms with E-state index in [1.807, 2.05) is 57.7 Å². The van der Waals surface area contributed by atoms with Gasteiger partial charge in [-0.3, -0.25) is 14.5 Å². The number of pyridine rings is 1. The number of piperidine rings is 1. The number of aromatic nitrogens is 5. The zero-order valence-corrected chi connectivity index (χ0v) is 33.1. The Morgan fingerprint density at radius 1 is 1.00 bits per heavy atom. The first-order chi connectivity index (χ1) is 27.1. The Kier molecular flexibility index (Phi) is 13.2. The van der Waals surface area contributed by atoms with Crippen molar-refractivity contribution in [3.05, 3.63) is 95.3 Å². The molecule has 1 saturated heterocycles. The number of carbonyl (C=O) groups is 2. The summed E-state index contributed by atoms with van der Waals surface area (Å²) in [7, 11) is 1.72. The zero-order chi connectivity index (χ0) is 39.7. The average Bonchev–Trinajstić information content (AvgIpc) is 3.81. The van der Waals surface area contributed by atoms with Crippen LogP contribution in [0.1, 0.15) is 101 Å². The maximum atomic E-state index is 13.8. The molecule has 0 saturated carbocycles. The van der Waals surface area contributed by atoms with E-state index in [4.69, 9.17) is 24.5 Å². The molecule has 3 aromatic heterocycles. The summed E-state index contributed by atoms with van der Waals surface area (Å²) < 4.78 is 15.7. The number of nitrogens with zero attached hydrogens (tertiary/aromatic N) is 6. The first-order valence-corrected chi connectivity index (χ1v) is 19.5. The fourth-order valence-electron chi connectivity index (χ4n) is 7.42. The van der Waals surface area contributed by atoms with Crippen molar-refractivity contribution in [1.29, 1.82) is 0 Å². The van der Waals surface area contributed by atoms with Crippen LogP contribution in [0.25, 0.3) is 11.3 Å². The number of carbonyl (C=O) groups excluding carboxylic acids is 1. The van der Waals surface area contributed by atoms with Gasteiger partial charge in [0.15, 0.2) is 5.65 Å². The zero-order valence-electron chi connectivity index (χ0n) is 33.1. The summed E-state index contributed by atoms with van der Waals surface area (Å²) in [6.45, 7) is 11.7. The van der Waals surface area contributed by atoms with Gasteiger partial charge in [-0.2, -0.15) is 5.10 Å². The molecule has 14 nitrogen and oxygen atoms in total. The normalized spacial score (nSPS) is 18.1. The monoisotopic (exact) mass is 765 g/mol. The van der Waals surface area contributed by atoms with Crippen LogP contribution < -0.4 is 25.6 Å². The molecule has 3 atom stereocenters. The Labute approximate surface area is 328 Å². The molecule has 1 fully saturated rings. The van der Waals surface area contributed by atoms with Crippen LogP contribution in [0.5, 0.6) is 5.75 Å². The van der Waals surface area contributed by atoms with Crippen LogP contribution in [0.4, 0.5) is 16.6 Å². The van der Waals surface area contributed by atoms with Crippen molar-refractivity contribution in [3.8, 4) is 11.4 Å². The first-order valence-electron chi connectivity index (χ1n) is 19.5. The number of urea groups is 1. The van der Waals surface area contributed by atoms with Crippen LogP contribution in [0, 0.1) is 0 Å². The Balaban J connectivity index is 0.00000172. The molecule has 2 amide bonds. The number of rotatable bonds is 12. The highest BCUT2D eigenvalue weighted by atomic mass is 16.5. The number of hydrogen-bond acceptors (Lipinski definition) is 9. The molecule has 7 rings (SSSR count). The average molecular weight is 766 g/mol. The molecular formula is C42H55N9O5. The van der Waals surface area contributed by atoms with Gasteiger partial charge in [0, 0.05) is 44.3 Å². The number of fused-ring (bicyclic) bond motifs is 2. The number of carboxylic acid groups (broad SMARTS) is 1. The lowest BCUT2D eigenvalue weighted by molar-refractivity contribution is -0.122. The predicted molar refractivity (Wildman–Crippen MR) is 217 cm³/mol. The van der Waals surface area contributed by atoms with Crippen LogP contribution in [0.3, 0.4) is 0 Å². The molecule has 1 aliphatic carbocycles. The second kappa shape index (κ2) is 18.4. The highest BCUT2D eigenvalue weighted by molar-refractivity contribution is 5.89. The van der Waals surface area contributed by atoms with Crippen molar-refractivity contribution in [2.75, 3.05) is 37.0 Å². The van der Waals surface area contributed by atoms with Gasteiger partial charge in [-0.1, -0.05) is 57.2 Å². The van der Waals surface area contributed by atoms with E-state index in [2.05, 4.69) is 83.0 Å². The minimum Gasteiger partial charge on any atom is -0.484 e. The van der Waals surface area contributed by atoms with Gasteiger partial charge in [0.25, 0.3) is 6.47 Å². The highest BCUT2D eigenvalue weighted by Gasteiger charge is 2.31. The fraction of sp³-hybridized carbons (Fsp3) is 0.452. The van der Waals surface area contributed by atoms with Crippen molar-refractivity contribution in [1.82, 2.24) is 35.0 Å². The van der Waals surface area contributed by atoms with Crippen LogP contribution in [-0.4, -0.2) is 74.8 Å². The molecule has 56 heavy (non-hydrogen) atoms. The number of anilines is 2. The lowest BCUT2D eigenvalue weighted by Gasteiger charge is -2.33. The van der Waals surface area contributed by atoms with Crippen LogP contribution >= 0.6 is 0 Å². The molecule has 14 heteroatoms. The lowest BCUT2D eigenvalue weighted by atomic mass is 9.85. The number of amides is 2. The minimum absolute atomic E-state index is 0.156. The summed E-state index contributed by atoms with van der Waals surface area (Å²) in [4.78, 5) is 24.5. The van der Waals surface area contributed by atoms with E-state index in [0.29, 0.717) is 11.9 Å². The van der Waals surface area contributed by atoms with Crippen molar-refractivity contribution >= 4 is 29.9 Å². The van der Waals surface area contributed by atoms with Gasteiger partial charge in [-0.15, -0.1) is 10.2 Å². The third-order valence-electron chi connectivity index (χ3n) is 10.3. The topological polar surface area (TPSA) is 160 Å². The SMILES string of the molecule is COCCCNCc1cccc(-n2nc(C(C)(C)C)cc2NC(=O)N[C@H]2CC[C@@H](Oc3ccc4nnc(N5CCCCC5C)n4c3)c3ccccc32)c1.O=CO. The first kappa shape index (κ1) is 40.2. The standard InChI is InChI=1S/C41H53N9O3.CH2O2/c1-28-12-8-9-22-48(28)40-46-45-37-20-17-31(27-49(37)40)53-35-19-18-34(32-15-6-7-16-33(32)35)43-39(51)44-38-25-36(41(2,3)4)47-50(38)30-14-10-13-29(24-30)26-42-21-11-23-52-5;2-1-3/h6-7,10,13-17,20,24-25,27-28,34-35,42H,8-9,11-12,18-19,21-23,26H2,1-5H3,(H2,43,44,51);1H,(H,2,3)/t28?,34-,35+;/m0./s1. The summed E-state index contributed by atoms with van der Waals surface area (Å²) in [5.74, 6) is 2.25. The Bertz CT molecular complexity index is 2070. The van der Waals surface area contributed by atoms with Gasteiger partial charge in [0.05, 0.1) is 23.6 Å². The van der Waals surface area contributed by atoms with Crippen LogP contribution in [0.2, 0.25) is 0 Å². The molecule has 5 aromatic rings. The molecule has 2 aromatic carbocycles. The Morgan fingerprint density at radius 3 is 2.57 bits per heavy atom. The van der Waals surface area contributed by atoms with E-state index < -0.39 is 0 Å². The third kappa shape index (κ3) is 9.66. The summed E-state index contributed by atoms with van der Waals surface area (Å²) in [5.41, 5.74) is 5.64. The fourth-order valence-corrected chi connectivity index (χ4v) is 7.42. The molecule has 0 radical (unpaired) electrons. The van der Waals surface area contributed by atoms with E-state index >= 15 is 0 Å². The number of ether oxygens (including phenoxy) is 2. The van der Waals surface area contributed by atoms with Crippen molar-refractivity contribution in [3.63, 3.8) is 0 Å². The molecule has 1 unspecified atom stereocenters. The molecule has 0 spiro atoms. The second-order valence-electron chi connectivity index (χ2n) is 15.5. The second-order valence-corrected chi connectivity index (χ2v) is 15.5. The van der Waals surface area contributed by atoms with Crippen molar-refractivity contribution < 1.29 is 24.2 Å². The molecule has 2 aliphatic rings. The van der Waals surface area contributed by atoms with Gasteiger partial charge in [-0.05, 0) is 92.9 Å². The van der Waals surface area contributed by atoms with Gasteiger partial charge in [-0.25, -0.2) is 9.48 Å². The van der Waals surface area contributed by atoms with E-state index in [1.54, 1.807) is 7.11 Å². The van der Waals surface area contributed by atoms with E-state index in [1.165, 1.54) is 6.42 Å². The van der Waals surface area contributed by atoms with Crippen molar-refractivity contribution in [2.24, 2.45) is 0 Å². The number of hydrogen-bond donors (Lipinski definition) is 4. The summed E-state index contributed by atoms with van der Waals surface area (Å²) >= 11 is 0. The molecule has 4 heterocycles. The van der Waals surface area contributed by atoms with Crippen LogP contribution in [0.15, 0.2) is 72.9 Å². The number of methoxy groups -OCH3 is 1. The summed E-state index contributed by atoms with van der Waals surface area (Å²) in [5, 5.41) is 30.7. The van der Waals surface area contributed by atoms with Gasteiger partial charge >= 0.3 is 6.03 Å². The van der Waals surface area contributed by atoms with Gasteiger partial charge in [0.1, 0.15) is 17.7 Å². The summed E-state index contributed by atoms with van der Waals surface area (Å²) in [6, 6.07) is 22.4.